The molecular formula is C13H24N2O2. The van der Waals surface area contributed by atoms with E-state index in [4.69, 9.17) is 5.11 Å². The first kappa shape index (κ1) is 12.8. The Morgan fingerprint density at radius 3 is 2.71 bits per heavy atom. The van der Waals surface area contributed by atoms with Gasteiger partial charge >= 0.3 is 5.97 Å². The average Bonchev–Trinajstić information content (AvgIpc) is 2.73. The van der Waals surface area contributed by atoms with Gasteiger partial charge in [0.05, 0.1) is 6.42 Å². The van der Waals surface area contributed by atoms with Crippen LogP contribution < -0.4 is 5.32 Å². The van der Waals surface area contributed by atoms with Gasteiger partial charge < -0.3 is 10.4 Å². The summed E-state index contributed by atoms with van der Waals surface area (Å²) in [5.74, 6) is -0.672. The predicted octanol–water partition coefficient (Wildman–Crippen LogP) is 1.46. The number of nitrogens with zero attached hydrogens (tertiary/aromatic N) is 1. The third kappa shape index (κ3) is 3.42. The van der Waals surface area contributed by atoms with Crippen LogP contribution in [0.15, 0.2) is 0 Å². The van der Waals surface area contributed by atoms with Crippen molar-refractivity contribution in [2.45, 2.75) is 63.6 Å². The van der Waals surface area contributed by atoms with Crippen LogP contribution in [-0.4, -0.2) is 47.2 Å². The molecule has 2 aliphatic rings. The van der Waals surface area contributed by atoms with E-state index < -0.39 is 5.97 Å². The second kappa shape index (κ2) is 5.83. The number of hydrogen-bond donors (Lipinski definition) is 2. The average molecular weight is 240 g/mol. The van der Waals surface area contributed by atoms with Crippen LogP contribution in [0.5, 0.6) is 0 Å². The third-order valence-corrected chi connectivity index (χ3v) is 4.20. The Hall–Kier alpha value is -0.610. The number of nitrogens with one attached hydrogen (secondary N) is 1. The van der Waals surface area contributed by atoms with Crippen molar-refractivity contribution in [1.29, 1.82) is 0 Å². The van der Waals surface area contributed by atoms with Gasteiger partial charge in [-0.25, -0.2) is 0 Å². The van der Waals surface area contributed by atoms with Crippen LogP contribution >= 0.6 is 0 Å². The van der Waals surface area contributed by atoms with Gasteiger partial charge in [0, 0.05) is 31.2 Å². The molecule has 1 aliphatic heterocycles. The van der Waals surface area contributed by atoms with Gasteiger partial charge in [0.2, 0.25) is 0 Å². The summed E-state index contributed by atoms with van der Waals surface area (Å²) in [7, 11) is 0. The van der Waals surface area contributed by atoms with Crippen molar-refractivity contribution in [3.63, 3.8) is 0 Å². The quantitative estimate of drug-likeness (QED) is 0.784. The van der Waals surface area contributed by atoms with Gasteiger partial charge in [0.25, 0.3) is 0 Å². The highest BCUT2D eigenvalue weighted by atomic mass is 16.4. The number of rotatable bonds is 3. The summed E-state index contributed by atoms with van der Waals surface area (Å²) in [6.07, 6.45) is 6.53. The second-order valence-corrected chi connectivity index (χ2v) is 5.53. The molecule has 2 unspecified atom stereocenters. The first-order valence-corrected chi connectivity index (χ1v) is 6.87. The molecule has 0 radical (unpaired) electrons. The lowest BCUT2D eigenvalue weighted by molar-refractivity contribution is -0.138. The van der Waals surface area contributed by atoms with E-state index in [9.17, 15) is 4.79 Å². The highest BCUT2D eigenvalue weighted by molar-refractivity contribution is 5.67. The Labute approximate surface area is 103 Å². The molecule has 1 saturated carbocycles. The van der Waals surface area contributed by atoms with Crippen LogP contribution in [-0.2, 0) is 4.79 Å². The van der Waals surface area contributed by atoms with Gasteiger partial charge in [-0.15, -0.1) is 0 Å². The molecular weight excluding hydrogens is 216 g/mol. The zero-order valence-electron chi connectivity index (χ0n) is 10.7. The van der Waals surface area contributed by atoms with Gasteiger partial charge in [-0.1, -0.05) is 12.8 Å². The molecule has 0 aromatic carbocycles. The number of carbonyl (C=O) groups is 1. The normalized spacial score (nSPS) is 32.5. The standard InChI is InChI=1S/C13H24N2O2/c1-10-6-7-15(11-4-2-3-5-11)12(9-14-10)8-13(16)17/h10-12,14H,2-9H2,1H3,(H,16,17). The lowest BCUT2D eigenvalue weighted by atomic mass is 10.1. The summed E-state index contributed by atoms with van der Waals surface area (Å²) >= 11 is 0. The van der Waals surface area contributed by atoms with Crippen molar-refractivity contribution in [3.8, 4) is 0 Å². The molecule has 0 amide bonds. The van der Waals surface area contributed by atoms with E-state index in [2.05, 4.69) is 17.1 Å². The minimum atomic E-state index is -0.672. The summed E-state index contributed by atoms with van der Waals surface area (Å²) in [6.45, 7) is 4.07. The largest absolute Gasteiger partial charge is 0.481 e. The Balaban J connectivity index is 2.02. The van der Waals surface area contributed by atoms with Crippen LogP contribution in [0.2, 0.25) is 0 Å². The molecule has 2 N–H and O–H groups in total. The van der Waals surface area contributed by atoms with Crippen molar-refractivity contribution < 1.29 is 9.90 Å². The van der Waals surface area contributed by atoms with Crippen LogP contribution in [0.4, 0.5) is 0 Å². The Morgan fingerprint density at radius 2 is 2.06 bits per heavy atom. The maximum atomic E-state index is 11.0. The van der Waals surface area contributed by atoms with E-state index in [1.54, 1.807) is 0 Å². The van der Waals surface area contributed by atoms with Crippen LogP contribution in [0.25, 0.3) is 0 Å². The van der Waals surface area contributed by atoms with Crippen LogP contribution in [0, 0.1) is 0 Å². The molecule has 2 atom stereocenters. The molecule has 0 spiro atoms. The van der Waals surface area contributed by atoms with Crippen molar-refractivity contribution in [3.05, 3.63) is 0 Å². The Morgan fingerprint density at radius 1 is 1.35 bits per heavy atom. The summed E-state index contributed by atoms with van der Waals surface area (Å²) in [6, 6.07) is 1.32. The summed E-state index contributed by atoms with van der Waals surface area (Å²) in [5.41, 5.74) is 0. The molecule has 2 rings (SSSR count). The van der Waals surface area contributed by atoms with Gasteiger partial charge in [-0.05, 0) is 26.2 Å². The summed E-state index contributed by atoms with van der Waals surface area (Å²) in [5, 5.41) is 12.5. The van der Waals surface area contributed by atoms with Gasteiger partial charge in [-0.2, -0.15) is 0 Å². The molecule has 98 valence electrons. The third-order valence-electron chi connectivity index (χ3n) is 4.20. The number of aliphatic carboxylic acids is 1. The number of carboxylic acid groups (broad SMARTS) is 1. The molecule has 1 saturated heterocycles. The van der Waals surface area contributed by atoms with Crippen LogP contribution in [0.1, 0.15) is 45.4 Å². The SMILES string of the molecule is CC1CCN(C2CCCC2)C(CC(=O)O)CN1. The first-order valence-electron chi connectivity index (χ1n) is 6.87. The van der Waals surface area contributed by atoms with Crippen molar-refractivity contribution in [1.82, 2.24) is 10.2 Å². The monoisotopic (exact) mass is 240 g/mol. The van der Waals surface area contributed by atoms with Crippen LogP contribution in [0.3, 0.4) is 0 Å². The molecule has 2 fully saturated rings. The zero-order valence-corrected chi connectivity index (χ0v) is 10.7. The zero-order chi connectivity index (χ0) is 12.3. The fourth-order valence-corrected chi connectivity index (χ4v) is 3.19. The Bertz CT molecular complexity index is 264. The van der Waals surface area contributed by atoms with E-state index in [1.165, 1.54) is 25.7 Å². The fraction of sp³-hybridized carbons (Fsp3) is 0.923. The molecule has 1 heterocycles. The smallest absolute Gasteiger partial charge is 0.304 e. The van der Waals surface area contributed by atoms with E-state index in [0.29, 0.717) is 12.1 Å². The minimum absolute atomic E-state index is 0.181. The summed E-state index contributed by atoms with van der Waals surface area (Å²) in [4.78, 5) is 13.4. The molecule has 17 heavy (non-hydrogen) atoms. The minimum Gasteiger partial charge on any atom is -0.481 e. The van der Waals surface area contributed by atoms with E-state index >= 15 is 0 Å². The molecule has 4 nitrogen and oxygen atoms in total. The van der Waals surface area contributed by atoms with E-state index in [0.717, 1.165) is 19.5 Å². The van der Waals surface area contributed by atoms with E-state index in [1.807, 2.05) is 0 Å². The fourth-order valence-electron chi connectivity index (χ4n) is 3.19. The maximum Gasteiger partial charge on any atom is 0.304 e. The predicted molar refractivity (Wildman–Crippen MR) is 67.1 cm³/mol. The summed E-state index contributed by atoms with van der Waals surface area (Å²) < 4.78 is 0. The Kier molecular flexibility index (Phi) is 4.40. The molecule has 0 bridgehead atoms. The first-order chi connectivity index (χ1) is 8.16. The molecule has 1 aliphatic carbocycles. The highest BCUT2D eigenvalue weighted by Crippen LogP contribution is 2.27. The lowest BCUT2D eigenvalue weighted by Crippen LogP contribution is -2.46. The highest BCUT2D eigenvalue weighted by Gasteiger charge is 2.31. The topological polar surface area (TPSA) is 52.6 Å². The lowest BCUT2D eigenvalue weighted by Gasteiger charge is -2.34. The van der Waals surface area contributed by atoms with Gasteiger partial charge in [0.1, 0.15) is 0 Å². The number of hydrogen-bond acceptors (Lipinski definition) is 3. The maximum absolute atomic E-state index is 11.0. The number of carboxylic acids is 1. The van der Waals surface area contributed by atoms with Crippen molar-refractivity contribution >= 4 is 5.97 Å². The van der Waals surface area contributed by atoms with E-state index in [-0.39, 0.29) is 12.5 Å². The van der Waals surface area contributed by atoms with Gasteiger partial charge in [0.15, 0.2) is 0 Å². The van der Waals surface area contributed by atoms with Crippen molar-refractivity contribution in [2.75, 3.05) is 13.1 Å². The van der Waals surface area contributed by atoms with Crippen molar-refractivity contribution in [2.24, 2.45) is 0 Å². The molecule has 0 aromatic rings. The second-order valence-electron chi connectivity index (χ2n) is 5.53. The van der Waals surface area contributed by atoms with Gasteiger partial charge in [-0.3, -0.25) is 9.69 Å². The molecule has 0 aromatic heterocycles. The molecule has 4 heteroatoms.